The molecule has 1 rings (SSSR count). The van der Waals surface area contributed by atoms with E-state index < -0.39 is 0 Å². The fraction of sp³-hybridized carbons (Fsp3) is 0.667. The molecule has 0 unspecified atom stereocenters. The minimum atomic E-state index is -0.176. The quantitative estimate of drug-likeness (QED) is 0.766. The first-order chi connectivity index (χ1) is 7.43. The zero-order valence-corrected chi connectivity index (χ0v) is 10.6. The van der Waals surface area contributed by atoms with Gasteiger partial charge < -0.3 is 9.47 Å². The van der Waals surface area contributed by atoms with Crippen molar-refractivity contribution in [1.29, 1.82) is 0 Å². The number of hydrogen-bond acceptors (Lipinski definition) is 4. The van der Waals surface area contributed by atoms with E-state index in [1.165, 1.54) is 0 Å². The normalized spacial score (nSPS) is 11.6. The first-order valence-corrected chi connectivity index (χ1v) is 5.35. The first-order valence-electron chi connectivity index (χ1n) is 5.35. The summed E-state index contributed by atoms with van der Waals surface area (Å²) in [6, 6.07) is 3.42. The highest BCUT2D eigenvalue weighted by molar-refractivity contribution is 5.09. The summed E-state index contributed by atoms with van der Waals surface area (Å²) in [6.45, 7) is 8.34. The second kappa shape index (κ2) is 5.25. The predicted octanol–water partition coefficient (Wildman–Crippen LogP) is 2.09. The Morgan fingerprint density at radius 1 is 1.19 bits per heavy atom. The van der Waals surface area contributed by atoms with Crippen molar-refractivity contribution in [2.45, 2.75) is 39.7 Å². The maximum Gasteiger partial charge on any atom is 0.316 e. The minimum Gasteiger partial charge on any atom is -0.463 e. The topological polar surface area (TPSA) is 44.2 Å². The van der Waals surface area contributed by atoms with E-state index in [4.69, 9.17) is 9.47 Å². The fourth-order valence-electron chi connectivity index (χ4n) is 1.18. The van der Waals surface area contributed by atoms with E-state index >= 15 is 0 Å². The summed E-state index contributed by atoms with van der Waals surface area (Å²) in [6.07, 6.45) is 0.795. The van der Waals surface area contributed by atoms with Crippen LogP contribution in [0.1, 0.15) is 31.7 Å². The Labute approximate surface area is 97.0 Å². The Bertz CT molecular complexity index is 331. The van der Waals surface area contributed by atoms with Gasteiger partial charge in [-0.2, -0.15) is 9.97 Å². The highest BCUT2D eigenvalue weighted by Crippen LogP contribution is 2.13. The number of nitrogens with zero attached hydrogens (tertiary/aromatic N) is 2. The van der Waals surface area contributed by atoms with Gasteiger partial charge in [-0.25, -0.2) is 0 Å². The van der Waals surface area contributed by atoms with Crippen LogP contribution in [0.5, 0.6) is 6.01 Å². The number of methoxy groups -OCH3 is 1. The molecule has 0 amide bonds. The molecule has 0 aliphatic heterocycles. The highest BCUT2D eigenvalue weighted by atomic mass is 16.5. The molecule has 0 saturated carbocycles. The van der Waals surface area contributed by atoms with Crippen LogP contribution < -0.4 is 4.74 Å². The van der Waals surface area contributed by atoms with Gasteiger partial charge in [-0.05, 0) is 27.7 Å². The molecule has 0 spiro atoms. The number of aromatic nitrogens is 2. The van der Waals surface area contributed by atoms with E-state index in [9.17, 15) is 0 Å². The van der Waals surface area contributed by atoms with E-state index in [0.29, 0.717) is 12.6 Å². The van der Waals surface area contributed by atoms with Gasteiger partial charge in [-0.3, -0.25) is 0 Å². The SMILES string of the molecule is COC(C)(C)CCOc1nc(C)[c]c(C)n1. The van der Waals surface area contributed by atoms with Gasteiger partial charge in [0.05, 0.1) is 23.6 Å². The van der Waals surface area contributed by atoms with Gasteiger partial charge in [0.1, 0.15) is 0 Å². The second-order valence-corrected chi connectivity index (χ2v) is 4.36. The molecule has 0 fully saturated rings. The highest BCUT2D eigenvalue weighted by Gasteiger charge is 2.16. The zero-order valence-electron chi connectivity index (χ0n) is 10.6. The number of rotatable bonds is 5. The number of ether oxygens (including phenoxy) is 2. The van der Waals surface area contributed by atoms with Crippen molar-refractivity contribution in [2.24, 2.45) is 0 Å². The van der Waals surface area contributed by atoms with Crippen LogP contribution in [0.4, 0.5) is 0 Å². The second-order valence-electron chi connectivity index (χ2n) is 4.36. The smallest absolute Gasteiger partial charge is 0.316 e. The Hall–Kier alpha value is -1.16. The average molecular weight is 223 g/mol. The average Bonchev–Trinajstić information content (AvgIpc) is 2.16. The molecule has 16 heavy (non-hydrogen) atoms. The molecular weight excluding hydrogens is 204 g/mol. The molecule has 0 aromatic carbocycles. The van der Waals surface area contributed by atoms with Crippen LogP contribution in [-0.2, 0) is 4.74 Å². The summed E-state index contributed by atoms with van der Waals surface area (Å²) in [5, 5.41) is 0. The van der Waals surface area contributed by atoms with E-state index in [-0.39, 0.29) is 5.60 Å². The molecule has 1 radical (unpaired) electrons. The van der Waals surface area contributed by atoms with E-state index in [1.807, 2.05) is 27.7 Å². The molecule has 1 aromatic heterocycles. The van der Waals surface area contributed by atoms with E-state index in [1.54, 1.807) is 7.11 Å². The minimum absolute atomic E-state index is 0.176. The summed E-state index contributed by atoms with van der Waals surface area (Å²) >= 11 is 0. The van der Waals surface area contributed by atoms with Gasteiger partial charge in [0.2, 0.25) is 0 Å². The van der Waals surface area contributed by atoms with Crippen molar-refractivity contribution in [2.75, 3.05) is 13.7 Å². The monoisotopic (exact) mass is 223 g/mol. The lowest BCUT2D eigenvalue weighted by Gasteiger charge is -2.22. The lowest BCUT2D eigenvalue weighted by Crippen LogP contribution is -2.25. The Morgan fingerprint density at radius 3 is 2.25 bits per heavy atom. The number of hydrogen-bond donors (Lipinski definition) is 0. The summed E-state index contributed by atoms with van der Waals surface area (Å²) < 4.78 is 10.8. The summed E-state index contributed by atoms with van der Waals surface area (Å²) in [5.74, 6) is 0. The predicted molar refractivity (Wildman–Crippen MR) is 61.5 cm³/mol. The Balaban J connectivity index is 2.49. The van der Waals surface area contributed by atoms with Crippen LogP contribution >= 0.6 is 0 Å². The lowest BCUT2D eigenvalue weighted by molar-refractivity contribution is 0.00465. The standard InChI is InChI=1S/C12H19N2O2/c1-9-8-10(2)14-11(13-9)16-7-6-12(3,4)15-5/h6-7H2,1-5H3. The van der Waals surface area contributed by atoms with Crippen LogP contribution in [0, 0.1) is 19.9 Å². The van der Waals surface area contributed by atoms with Crippen molar-refractivity contribution in [3.8, 4) is 6.01 Å². The van der Waals surface area contributed by atoms with Crippen LogP contribution in [0.25, 0.3) is 0 Å². The first kappa shape index (κ1) is 12.9. The molecule has 0 aliphatic carbocycles. The van der Waals surface area contributed by atoms with Crippen molar-refractivity contribution in [3.05, 3.63) is 17.5 Å². The number of aryl methyl sites for hydroxylation is 2. The van der Waals surface area contributed by atoms with Gasteiger partial charge >= 0.3 is 6.01 Å². The van der Waals surface area contributed by atoms with Crippen LogP contribution in [0.3, 0.4) is 0 Å². The van der Waals surface area contributed by atoms with Crippen molar-refractivity contribution in [1.82, 2.24) is 9.97 Å². The van der Waals surface area contributed by atoms with Gasteiger partial charge in [0.15, 0.2) is 0 Å². The van der Waals surface area contributed by atoms with Crippen LogP contribution in [0.2, 0.25) is 0 Å². The van der Waals surface area contributed by atoms with Crippen molar-refractivity contribution in [3.63, 3.8) is 0 Å². The Kier molecular flexibility index (Phi) is 4.24. The Morgan fingerprint density at radius 2 is 1.75 bits per heavy atom. The molecule has 0 bridgehead atoms. The third kappa shape index (κ3) is 4.14. The van der Waals surface area contributed by atoms with Gasteiger partial charge in [-0.1, -0.05) is 0 Å². The van der Waals surface area contributed by atoms with Crippen molar-refractivity contribution >= 4 is 0 Å². The van der Waals surface area contributed by atoms with Crippen molar-refractivity contribution < 1.29 is 9.47 Å². The molecule has 0 saturated heterocycles. The molecule has 1 heterocycles. The van der Waals surface area contributed by atoms with Gasteiger partial charge in [0.25, 0.3) is 0 Å². The molecule has 89 valence electrons. The molecule has 1 aromatic rings. The fourth-order valence-corrected chi connectivity index (χ4v) is 1.18. The van der Waals surface area contributed by atoms with Crippen LogP contribution in [-0.4, -0.2) is 29.3 Å². The largest absolute Gasteiger partial charge is 0.463 e. The van der Waals surface area contributed by atoms with E-state index in [2.05, 4.69) is 16.0 Å². The molecule has 0 atom stereocenters. The third-order valence-electron chi connectivity index (χ3n) is 2.38. The molecular formula is C12H19N2O2. The molecule has 4 heteroatoms. The maximum atomic E-state index is 5.48. The summed E-state index contributed by atoms with van der Waals surface area (Å²) in [7, 11) is 1.70. The van der Waals surface area contributed by atoms with Gasteiger partial charge in [-0.15, -0.1) is 0 Å². The van der Waals surface area contributed by atoms with Crippen LogP contribution in [0.15, 0.2) is 0 Å². The lowest BCUT2D eigenvalue weighted by atomic mass is 10.1. The van der Waals surface area contributed by atoms with Gasteiger partial charge in [0, 0.05) is 19.6 Å². The third-order valence-corrected chi connectivity index (χ3v) is 2.38. The summed E-state index contributed by atoms with van der Waals surface area (Å²) in [5.41, 5.74) is 1.42. The summed E-state index contributed by atoms with van der Waals surface area (Å²) in [4.78, 5) is 8.30. The maximum absolute atomic E-state index is 5.48. The van der Waals surface area contributed by atoms with E-state index in [0.717, 1.165) is 17.8 Å². The molecule has 0 aliphatic rings. The zero-order chi connectivity index (χ0) is 12.2. The molecule has 0 N–H and O–H groups in total. The molecule has 4 nitrogen and oxygen atoms in total.